The zero-order valence-corrected chi connectivity index (χ0v) is 22.7. The monoisotopic (exact) mass is 544 g/mol. The van der Waals surface area contributed by atoms with Crippen LogP contribution < -0.4 is 5.32 Å². The number of piperidine rings is 1. The molecule has 2 atom stereocenters. The van der Waals surface area contributed by atoms with Crippen molar-refractivity contribution in [2.24, 2.45) is 5.92 Å². The molecular formula is C31H33FN4O2S. The molecule has 0 saturated carbocycles. The van der Waals surface area contributed by atoms with Crippen LogP contribution in [0.1, 0.15) is 46.2 Å². The van der Waals surface area contributed by atoms with Crippen molar-refractivity contribution in [3.8, 4) is 0 Å². The summed E-state index contributed by atoms with van der Waals surface area (Å²) in [6.45, 7) is 4.74. The van der Waals surface area contributed by atoms with Gasteiger partial charge in [0, 0.05) is 37.1 Å². The Hall–Kier alpha value is -3.49. The maximum atomic E-state index is 13.9. The zero-order chi connectivity index (χ0) is 26.8. The van der Waals surface area contributed by atoms with Gasteiger partial charge in [0.25, 0.3) is 5.91 Å². The van der Waals surface area contributed by atoms with Crippen molar-refractivity contribution in [3.63, 3.8) is 0 Å². The van der Waals surface area contributed by atoms with Gasteiger partial charge in [0.15, 0.2) is 0 Å². The third-order valence-corrected chi connectivity index (χ3v) is 9.19. The third-order valence-electron chi connectivity index (χ3n) is 8.49. The maximum absolute atomic E-state index is 13.9. The van der Waals surface area contributed by atoms with Crippen LogP contribution in [0.3, 0.4) is 0 Å². The molecule has 1 N–H and O–H groups in total. The van der Waals surface area contributed by atoms with Crippen molar-refractivity contribution < 1.29 is 14.0 Å². The molecule has 0 aliphatic carbocycles. The van der Waals surface area contributed by atoms with Gasteiger partial charge in [-0.05, 0) is 90.0 Å². The quantitative estimate of drug-likeness (QED) is 0.307. The second kappa shape index (κ2) is 11.3. The van der Waals surface area contributed by atoms with Gasteiger partial charge in [-0.2, -0.15) is 11.3 Å². The molecule has 0 radical (unpaired) electrons. The molecule has 2 aromatic heterocycles. The summed E-state index contributed by atoms with van der Waals surface area (Å²) in [5, 5.41) is 8.05. The predicted octanol–water partition coefficient (Wildman–Crippen LogP) is 5.28. The number of thiophene rings is 1. The standard InChI is InChI=1S/C31H33FN4O2S/c32-27-6-4-22(5-7-27)23-8-12-34(13-9-23)16-26-17-36(18-29(26)25-11-15-39-19-25)31(38)28-3-1-2-24-10-14-35(30(24)28)20-33-21-37/h1-7,10-11,14-15,19,21,23,26,29H,8-9,12-13,16-18,20H2,(H,33,37)/t26-,29+/m1/s1. The zero-order valence-electron chi connectivity index (χ0n) is 21.8. The lowest BCUT2D eigenvalue weighted by molar-refractivity contribution is -0.109. The van der Waals surface area contributed by atoms with Crippen LogP contribution in [0, 0.1) is 11.7 Å². The van der Waals surface area contributed by atoms with Crippen molar-refractivity contribution in [1.82, 2.24) is 19.7 Å². The highest BCUT2D eigenvalue weighted by molar-refractivity contribution is 7.08. The molecule has 4 aromatic rings. The summed E-state index contributed by atoms with van der Waals surface area (Å²) in [6.07, 6.45) is 4.72. The summed E-state index contributed by atoms with van der Waals surface area (Å²) in [5.41, 5.74) is 4.08. The van der Waals surface area contributed by atoms with Crippen molar-refractivity contribution in [3.05, 3.63) is 94.1 Å². The van der Waals surface area contributed by atoms with E-state index in [1.54, 1.807) is 23.5 Å². The summed E-state index contributed by atoms with van der Waals surface area (Å²) < 4.78 is 15.3. The van der Waals surface area contributed by atoms with Crippen LogP contribution in [0.15, 0.2) is 71.6 Å². The average molecular weight is 545 g/mol. The van der Waals surface area contributed by atoms with E-state index in [1.807, 2.05) is 52.1 Å². The Kier molecular flexibility index (Phi) is 7.48. The lowest BCUT2D eigenvalue weighted by atomic mass is 9.87. The molecule has 6 rings (SSSR count). The lowest BCUT2D eigenvalue weighted by Gasteiger charge is -2.34. The Morgan fingerprint density at radius 1 is 1.03 bits per heavy atom. The Balaban J connectivity index is 1.18. The van der Waals surface area contributed by atoms with Crippen LogP contribution >= 0.6 is 11.3 Å². The first-order valence-corrected chi connectivity index (χ1v) is 14.6. The van der Waals surface area contributed by atoms with Gasteiger partial charge < -0.3 is 19.7 Å². The SMILES string of the molecule is O=CNCn1ccc2cccc(C(=O)N3C[C@@H](CN4CCC(c5ccc(F)cc5)CC4)[C@H](c4ccsc4)C3)c21. The van der Waals surface area contributed by atoms with Crippen LogP contribution in [0.4, 0.5) is 4.39 Å². The van der Waals surface area contributed by atoms with Crippen molar-refractivity contribution in [2.75, 3.05) is 32.7 Å². The molecule has 202 valence electrons. The molecule has 0 bridgehead atoms. The topological polar surface area (TPSA) is 57.6 Å². The first kappa shape index (κ1) is 25.8. The minimum Gasteiger partial charge on any atom is -0.341 e. The summed E-state index contributed by atoms with van der Waals surface area (Å²) in [6, 6.07) is 17.0. The second-order valence-corrected chi connectivity index (χ2v) is 11.5. The van der Waals surface area contributed by atoms with Crippen LogP contribution in [-0.2, 0) is 11.5 Å². The number of hydrogen-bond acceptors (Lipinski definition) is 4. The van der Waals surface area contributed by atoms with Gasteiger partial charge in [0.1, 0.15) is 5.82 Å². The number of aromatic nitrogens is 1. The minimum absolute atomic E-state index is 0.0457. The van der Waals surface area contributed by atoms with Gasteiger partial charge in [-0.25, -0.2) is 4.39 Å². The van der Waals surface area contributed by atoms with Crippen molar-refractivity contribution in [2.45, 2.75) is 31.3 Å². The van der Waals surface area contributed by atoms with E-state index in [-0.39, 0.29) is 11.7 Å². The number of amides is 2. The van der Waals surface area contributed by atoms with Gasteiger partial charge in [-0.1, -0.05) is 24.3 Å². The van der Waals surface area contributed by atoms with Crippen LogP contribution in [0.5, 0.6) is 0 Å². The Morgan fingerprint density at radius 3 is 2.59 bits per heavy atom. The number of benzene rings is 2. The smallest absolute Gasteiger partial charge is 0.256 e. The third kappa shape index (κ3) is 5.36. The fraction of sp³-hybridized carbons (Fsp3) is 0.355. The molecular weight excluding hydrogens is 511 g/mol. The first-order valence-electron chi connectivity index (χ1n) is 13.6. The molecule has 2 fully saturated rings. The Morgan fingerprint density at radius 2 is 1.85 bits per heavy atom. The molecule has 2 amide bonds. The maximum Gasteiger partial charge on any atom is 0.256 e. The van der Waals surface area contributed by atoms with E-state index in [4.69, 9.17) is 0 Å². The summed E-state index contributed by atoms with van der Waals surface area (Å²) in [4.78, 5) is 29.4. The molecule has 0 unspecified atom stereocenters. The lowest BCUT2D eigenvalue weighted by Crippen LogP contribution is -2.38. The van der Waals surface area contributed by atoms with Gasteiger partial charge in [0.2, 0.25) is 6.41 Å². The average Bonchev–Trinajstić information content (AvgIpc) is 3.72. The normalized spacial score (nSPS) is 20.5. The number of nitrogens with one attached hydrogen (secondary N) is 1. The van der Waals surface area contributed by atoms with Crippen LogP contribution in [0.2, 0.25) is 0 Å². The number of para-hydroxylation sites is 1. The Labute approximate surface area is 232 Å². The van der Waals surface area contributed by atoms with Crippen LogP contribution in [-0.4, -0.2) is 59.4 Å². The number of halogens is 1. The fourth-order valence-corrected chi connectivity index (χ4v) is 7.20. The molecule has 6 nitrogen and oxygen atoms in total. The number of carbonyl (C=O) groups excluding carboxylic acids is 2. The molecule has 0 spiro atoms. The largest absolute Gasteiger partial charge is 0.341 e. The molecule has 2 aromatic carbocycles. The van der Waals surface area contributed by atoms with E-state index in [0.717, 1.165) is 49.9 Å². The summed E-state index contributed by atoms with van der Waals surface area (Å²) in [7, 11) is 0. The highest BCUT2D eigenvalue weighted by Crippen LogP contribution is 2.37. The van der Waals surface area contributed by atoms with Gasteiger partial charge in [-0.3, -0.25) is 9.59 Å². The first-order chi connectivity index (χ1) is 19.1. The van der Waals surface area contributed by atoms with E-state index in [2.05, 4.69) is 27.0 Å². The van der Waals surface area contributed by atoms with Gasteiger partial charge in [0.05, 0.1) is 17.7 Å². The molecule has 2 aliphatic rings. The summed E-state index contributed by atoms with van der Waals surface area (Å²) >= 11 is 1.71. The molecule has 39 heavy (non-hydrogen) atoms. The molecule has 2 aliphatic heterocycles. The highest BCUT2D eigenvalue weighted by atomic mass is 32.1. The number of hydrogen-bond donors (Lipinski definition) is 1. The minimum atomic E-state index is -0.182. The number of nitrogens with zero attached hydrogens (tertiary/aromatic N) is 3. The molecule has 4 heterocycles. The second-order valence-electron chi connectivity index (χ2n) is 10.8. The highest BCUT2D eigenvalue weighted by Gasteiger charge is 2.38. The fourth-order valence-electron chi connectivity index (χ4n) is 6.47. The van der Waals surface area contributed by atoms with E-state index in [1.165, 1.54) is 11.1 Å². The van der Waals surface area contributed by atoms with Gasteiger partial charge in [-0.15, -0.1) is 0 Å². The van der Waals surface area contributed by atoms with Crippen molar-refractivity contribution >= 4 is 34.6 Å². The predicted molar refractivity (Wildman–Crippen MR) is 152 cm³/mol. The molecule has 8 heteroatoms. The number of likely N-dealkylation sites (tertiary alicyclic amines) is 2. The number of rotatable bonds is 8. The number of carbonyl (C=O) groups is 2. The summed E-state index contributed by atoms with van der Waals surface area (Å²) in [5.74, 6) is 0.996. The molecule has 2 saturated heterocycles. The van der Waals surface area contributed by atoms with Gasteiger partial charge >= 0.3 is 0 Å². The number of fused-ring (bicyclic) bond motifs is 1. The Bertz CT molecular complexity index is 1430. The van der Waals surface area contributed by atoms with E-state index in [9.17, 15) is 14.0 Å². The van der Waals surface area contributed by atoms with Crippen molar-refractivity contribution in [1.29, 1.82) is 0 Å². The van der Waals surface area contributed by atoms with E-state index < -0.39 is 0 Å². The van der Waals surface area contributed by atoms with Crippen LogP contribution in [0.25, 0.3) is 10.9 Å². The van der Waals surface area contributed by atoms with E-state index >= 15 is 0 Å². The van der Waals surface area contributed by atoms with E-state index in [0.29, 0.717) is 42.9 Å².